The number of rotatable bonds is 5. The van der Waals surface area contributed by atoms with Gasteiger partial charge in [0.2, 0.25) is 0 Å². The third kappa shape index (κ3) is 3.98. The van der Waals surface area contributed by atoms with E-state index in [0.29, 0.717) is 16.9 Å². The number of carbonyl (C=O) groups excluding carboxylic acids is 2. The first kappa shape index (κ1) is 18.2. The van der Waals surface area contributed by atoms with Gasteiger partial charge in [-0.2, -0.15) is 5.10 Å². The number of anilines is 1. The van der Waals surface area contributed by atoms with Crippen molar-refractivity contribution in [2.75, 3.05) is 19.5 Å². The summed E-state index contributed by atoms with van der Waals surface area (Å²) in [6.07, 6.45) is 0. The van der Waals surface area contributed by atoms with E-state index < -0.39 is 5.97 Å². The molecule has 3 aromatic rings. The van der Waals surface area contributed by atoms with Crippen LogP contribution in [-0.2, 0) is 4.74 Å². The molecule has 138 valence electrons. The van der Waals surface area contributed by atoms with Crippen LogP contribution in [0, 0.1) is 6.92 Å². The van der Waals surface area contributed by atoms with Gasteiger partial charge in [-0.1, -0.05) is 0 Å². The molecular weight excluding hydrogens is 346 g/mol. The number of nitrogens with one attached hydrogen (secondary N) is 1. The highest BCUT2D eigenvalue weighted by molar-refractivity contribution is 6.03. The maximum Gasteiger partial charge on any atom is 0.337 e. The number of ether oxygens (including phenoxy) is 2. The van der Waals surface area contributed by atoms with Gasteiger partial charge in [0.05, 0.1) is 25.5 Å². The van der Waals surface area contributed by atoms with Crippen molar-refractivity contribution >= 4 is 17.6 Å². The third-order valence-electron chi connectivity index (χ3n) is 4.00. The average Bonchev–Trinajstić information content (AvgIpc) is 3.10. The van der Waals surface area contributed by atoms with Crippen molar-refractivity contribution in [3.05, 3.63) is 71.5 Å². The molecular formula is C20H19N3O4. The number of carbonyl (C=O) groups is 2. The second kappa shape index (κ2) is 7.74. The molecule has 0 saturated heterocycles. The summed E-state index contributed by atoms with van der Waals surface area (Å²) >= 11 is 0. The smallest absolute Gasteiger partial charge is 0.337 e. The van der Waals surface area contributed by atoms with E-state index >= 15 is 0 Å². The molecule has 0 fully saturated rings. The van der Waals surface area contributed by atoms with Crippen LogP contribution in [0.4, 0.5) is 5.69 Å². The fraction of sp³-hybridized carbons (Fsp3) is 0.150. The maximum atomic E-state index is 12.5. The molecule has 27 heavy (non-hydrogen) atoms. The lowest BCUT2D eigenvalue weighted by molar-refractivity contribution is 0.0600. The summed E-state index contributed by atoms with van der Waals surface area (Å²) in [5.41, 5.74) is 2.92. The van der Waals surface area contributed by atoms with Crippen molar-refractivity contribution in [2.24, 2.45) is 0 Å². The molecule has 2 aromatic carbocycles. The van der Waals surface area contributed by atoms with Crippen LogP contribution in [0.2, 0.25) is 0 Å². The SMILES string of the molecule is COC(=O)c1ccc(NC(=O)c2cc(C)n(-c3ccc(OC)cc3)n2)cc1. The van der Waals surface area contributed by atoms with E-state index in [9.17, 15) is 9.59 Å². The number of aromatic nitrogens is 2. The Hall–Kier alpha value is -3.61. The lowest BCUT2D eigenvalue weighted by Crippen LogP contribution is -2.13. The van der Waals surface area contributed by atoms with Crippen molar-refractivity contribution in [3.63, 3.8) is 0 Å². The first-order valence-corrected chi connectivity index (χ1v) is 8.22. The Balaban J connectivity index is 1.76. The van der Waals surface area contributed by atoms with Gasteiger partial charge in [-0.05, 0) is 61.5 Å². The first-order chi connectivity index (χ1) is 13.0. The average molecular weight is 365 g/mol. The zero-order chi connectivity index (χ0) is 19.4. The van der Waals surface area contributed by atoms with Gasteiger partial charge in [0.25, 0.3) is 5.91 Å². The number of amides is 1. The molecule has 0 unspecified atom stereocenters. The predicted octanol–water partition coefficient (Wildman–Crippen LogP) is 3.23. The van der Waals surface area contributed by atoms with Crippen LogP contribution in [0.3, 0.4) is 0 Å². The highest BCUT2D eigenvalue weighted by atomic mass is 16.5. The van der Waals surface area contributed by atoms with Gasteiger partial charge >= 0.3 is 5.97 Å². The van der Waals surface area contributed by atoms with Gasteiger partial charge in [-0.15, -0.1) is 0 Å². The van der Waals surface area contributed by atoms with Crippen LogP contribution >= 0.6 is 0 Å². The Morgan fingerprint density at radius 2 is 1.67 bits per heavy atom. The van der Waals surface area contributed by atoms with E-state index in [4.69, 9.17) is 4.74 Å². The van der Waals surface area contributed by atoms with Crippen molar-refractivity contribution < 1.29 is 19.1 Å². The molecule has 0 aliphatic carbocycles. The fourth-order valence-corrected chi connectivity index (χ4v) is 2.57. The summed E-state index contributed by atoms with van der Waals surface area (Å²) < 4.78 is 11.5. The second-order valence-electron chi connectivity index (χ2n) is 5.80. The van der Waals surface area contributed by atoms with E-state index in [-0.39, 0.29) is 5.91 Å². The molecule has 1 heterocycles. The standard InChI is InChI=1S/C20H19N3O4/c1-13-12-18(22-23(13)16-8-10-17(26-2)11-9-16)19(24)21-15-6-4-14(5-7-15)20(25)27-3/h4-12H,1-3H3,(H,21,24). The number of aryl methyl sites for hydroxylation is 1. The molecule has 1 amide bonds. The van der Waals surface area contributed by atoms with Crippen LogP contribution in [0.1, 0.15) is 26.5 Å². The highest BCUT2D eigenvalue weighted by Crippen LogP contribution is 2.18. The van der Waals surface area contributed by atoms with Crippen molar-refractivity contribution in [1.82, 2.24) is 9.78 Å². The number of benzene rings is 2. The summed E-state index contributed by atoms with van der Waals surface area (Å²) in [6.45, 7) is 1.87. The molecule has 1 aromatic heterocycles. The molecule has 7 heteroatoms. The van der Waals surface area contributed by atoms with Gasteiger partial charge in [-0.25, -0.2) is 9.48 Å². The van der Waals surface area contributed by atoms with Crippen molar-refractivity contribution in [1.29, 1.82) is 0 Å². The van der Waals surface area contributed by atoms with E-state index in [2.05, 4.69) is 15.2 Å². The van der Waals surface area contributed by atoms with Crippen molar-refractivity contribution in [2.45, 2.75) is 6.92 Å². The number of nitrogens with zero attached hydrogens (tertiary/aromatic N) is 2. The summed E-state index contributed by atoms with van der Waals surface area (Å²) in [5, 5.41) is 7.15. The second-order valence-corrected chi connectivity index (χ2v) is 5.80. The monoisotopic (exact) mass is 365 g/mol. The molecule has 0 saturated carbocycles. The molecule has 0 bridgehead atoms. The number of esters is 1. The summed E-state index contributed by atoms with van der Waals surface area (Å²) in [7, 11) is 2.92. The van der Waals surface area contributed by atoms with Crippen molar-refractivity contribution in [3.8, 4) is 11.4 Å². The summed E-state index contributed by atoms with van der Waals surface area (Å²) in [5.74, 6) is -0.0187. The number of methoxy groups -OCH3 is 2. The topological polar surface area (TPSA) is 82.5 Å². The predicted molar refractivity (Wildman–Crippen MR) is 101 cm³/mol. The molecule has 0 aliphatic heterocycles. The molecule has 1 N–H and O–H groups in total. The number of hydrogen-bond donors (Lipinski definition) is 1. The largest absolute Gasteiger partial charge is 0.497 e. The van der Waals surface area contributed by atoms with E-state index in [1.165, 1.54) is 7.11 Å². The summed E-state index contributed by atoms with van der Waals surface area (Å²) in [4.78, 5) is 23.9. The molecule has 7 nitrogen and oxygen atoms in total. The maximum absolute atomic E-state index is 12.5. The van der Waals surface area contributed by atoms with Crippen LogP contribution in [0.25, 0.3) is 5.69 Å². The molecule has 0 radical (unpaired) electrons. The minimum atomic E-state index is -0.429. The Morgan fingerprint density at radius 3 is 2.26 bits per heavy atom. The summed E-state index contributed by atoms with van der Waals surface area (Å²) in [6, 6.07) is 15.6. The lowest BCUT2D eigenvalue weighted by Gasteiger charge is -2.06. The Labute approximate surface area is 156 Å². The van der Waals surface area contributed by atoms with E-state index in [1.54, 1.807) is 42.1 Å². The van der Waals surface area contributed by atoms with E-state index in [0.717, 1.165) is 17.1 Å². The van der Waals surface area contributed by atoms with Crippen LogP contribution < -0.4 is 10.1 Å². The molecule has 0 atom stereocenters. The Bertz CT molecular complexity index is 960. The van der Waals surface area contributed by atoms with Crippen LogP contribution in [0.15, 0.2) is 54.6 Å². The first-order valence-electron chi connectivity index (χ1n) is 8.22. The minimum absolute atomic E-state index is 0.292. The van der Waals surface area contributed by atoms with E-state index in [1.807, 2.05) is 31.2 Å². The Kier molecular flexibility index (Phi) is 5.21. The fourth-order valence-electron chi connectivity index (χ4n) is 2.57. The van der Waals surface area contributed by atoms with Crippen LogP contribution in [-0.4, -0.2) is 35.9 Å². The highest BCUT2D eigenvalue weighted by Gasteiger charge is 2.14. The van der Waals surface area contributed by atoms with Gasteiger partial charge in [0.1, 0.15) is 5.75 Å². The van der Waals surface area contributed by atoms with Gasteiger partial charge in [0, 0.05) is 11.4 Å². The molecule has 0 spiro atoms. The normalized spacial score (nSPS) is 10.3. The quantitative estimate of drug-likeness (QED) is 0.702. The van der Waals surface area contributed by atoms with Gasteiger partial charge in [0.15, 0.2) is 5.69 Å². The number of hydrogen-bond acceptors (Lipinski definition) is 5. The minimum Gasteiger partial charge on any atom is -0.497 e. The molecule has 0 aliphatic rings. The third-order valence-corrected chi connectivity index (χ3v) is 4.00. The zero-order valence-corrected chi connectivity index (χ0v) is 15.2. The zero-order valence-electron chi connectivity index (χ0n) is 15.2. The lowest BCUT2D eigenvalue weighted by atomic mass is 10.2. The van der Waals surface area contributed by atoms with Gasteiger partial charge < -0.3 is 14.8 Å². The molecule has 3 rings (SSSR count). The van der Waals surface area contributed by atoms with Crippen LogP contribution in [0.5, 0.6) is 5.75 Å². The Morgan fingerprint density at radius 1 is 1.00 bits per heavy atom. The van der Waals surface area contributed by atoms with Gasteiger partial charge in [-0.3, -0.25) is 4.79 Å².